The largest absolute Gasteiger partial charge is 0.303 e. The minimum Gasteiger partial charge on any atom is -0.303 e. The third-order valence-corrected chi connectivity index (χ3v) is 4.14. The van der Waals surface area contributed by atoms with Crippen LogP contribution in [0.3, 0.4) is 0 Å². The van der Waals surface area contributed by atoms with E-state index in [-0.39, 0.29) is 0 Å². The molecule has 84 valence electrons. The average molecular weight is 310 g/mol. The van der Waals surface area contributed by atoms with Crippen LogP contribution in [0, 0.1) is 0 Å². The smallest absolute Gasteiger partial charge is 0.0602 e. The quantitative estimate of drug-likeness (QED) is 0.580. The Balaban J connectivity index is 2.34. The van der Waals surface area contributed by atoms with Crippen molar-refractivity contribution in [2.75, 3.05) is 26.7 Å². The number of hydrogen-bond acceptors (Lipinski definition) is 2. The standard InChI is InChI=1S/C11H23IN2/c1-9(2)13(5)6-11(12)7-14(8-11)10(3)4/h9-10H,6-8H2,1-5H3. The molecule has 0 N–H and O–H groups in total. The van der Waals surface area contributed by atoms with Crippen LogP contribution < -0.4 is 0 Å². The summed E-state index contributed by atoms with van der Waals surface area (Å²) in [5.74, 6) is 0. The van der Waals surface area contributed by atoms with Crippen LogP contribution in [0.15, 0.2) is 0 Å². The first kappa shape index (κ1) is 12.7. The Morgan fingerprint density at radius 1 is 1.29 bits per heavy atom. The molecule has 0 atom stereocenters. The average Bonchev–Trinajstić information content (AvgIpc) is 1.99. The summed E-state index contributed by atoms with van der Waals surface area (Å²) < 4.78 is 0.501. The maximum absolute atomic E-state index is 2.64. The Hall–Kier alpha value is 0.650. The van der Waals surface area contributed by atoms with E-state index in [2.05, 4.69) is 67.1 Å². The lowest BCUT2D eigenvalue weighted by Gasteiger charge is -2.50. The van der Waals surface area contributed by atoms with Gasteiger partial charge in [-0.25, -0.2) is 0 Å². The number of halogens is 1. The van der Waals surface area contributed by atoms with Crippen LogP contribution in [0.25, 0.3) is 0 Å². The fourth-order valence-corrected chi connectivity index (χ4v) is 3.19. The third-order valence-electron chi connectivity index (χ3n) is 3.12. The summed E-state index contributed by atoms with van der Waals surface area (Å²) in [5, 5.41) is 0. The van der Waals surface area contributed by atoms with Gasteiger partial charge in [0.25, 0.3) is 0 Å². The van der Waals surface area contributed by atoms with Gasteiger partial charge in [-0.15, -0.1) is 0 Å². The lowest BCUT2D eigenvalue weighted by atomic mass is 9.97. The van der Waals surface area contributed by atoms with Crippen molar-refractivity contribution in [2.45, 2.75) is 43.2 Å². The van der Waals surface area contributed by atoms with Crippen molar-refractivity contribution < 1.29 is 0 Å². The van der Waals surface area contributed by atoms with Crippen molar-refractivity contribution in [1.82, 2.24) is 9.80 Å². The molecule has 0 radical (unpaired) electrons. The molecule has 0 unspecified atom stereocenters. The van der Waals surface area contributed by atoms with Crippen LogP contribution in [0.2, 0.25) is 0 Å². The van der Waals surface area contributed by atoms with E-state index in [1.54, 1.807) is 0 Å². The molecule has 1 heterocycles. The summed E-state index contributed by atoms with van der Waals surface area (Å²) in [6, 6.07) is 1.37. The van der Waals surface area contributed by atoms with Gasteiger partial charge in [0.1, 0.15) is 0 Å². The normalized spacial score (nSPS) is 22.1. The van der Waals surface area contributed by atoms with Gasteiger partial charge in [-0.2, -0.15) is 0 Å². The summed E-state index contributed by atoms with van der Waals surface area (Å²) in [6.45, 7) is 12.8. The maximum atomic E-state index is 2.64. The van der Waals surface area contributed by atoms with Crippen molar-refractivity contribution in [3.05, 3.63) is 0 Å². The van der Waals surface area contributed by atoms with Crippen LogP contribution in [-0.4, -0.2) is 52.0 Å². The number of rotatable bonds is 4. The van der Waals surface area contributed by atoms with E-state index in [1.165, 1.54) is 19.6 Å². The molecule has 0 aromatic heterocycles. The van der Waals surface area contributed by atoms with Crippen molar-refractivity contribution in [1.29, 1.82) is 0 Å². The molecule has 0 amide bonds. The molecular formula is C11H23IN2. The molecule has 2 nitrogen and oxygen atoms in total. The van der Waals surface area contributed by atoms with E-state index < -0.39 is 0 Å². The molecule has 0 aromatic rings. The second-order valence-electron chi connectivity index (χ2n) is 5.16. The zero-order valence-electron chi connectivity index (χ0n) is 10.0. The SMILES string of the molecule is CC(C)N(C)CC1(I)CN(C(C)C)C1. The first-order valence-electron chi connectivity index (χ1n) is 5.47. The van der Waals surface area contributed by atoms with Crippen LogP contribution in [-0.2, 0) is 0 Å². The summed E-state index contributed by atoms with van der Waals surface area (Å²) in [4.78, 5) is 4.99. The molecule has 14 heavy (non-hydrogen) atoms. The van der Waals surface area contributed by atoms with Gasteiger partial charge < -0.3 is 4.90 Å². The van der Waals surface area contributed by atoms with Gasteiger partial charge in [-0.05, 0) is 34.7 Å². The minimum absolute atomic E-state index is 0.501. The summed E-state index contributed by atoms with van der Waals surface area (Å²) in [6.07, 6.45) is 0. The second kappa shape index (κ2) is 4.66. The topological polar surface area (TPSA) is 6.48 Å². The van der Waals surface area contributed by atoms with E-state index in [4.69, 9.17) is 0 Å². The lowest BCUT2D eigenvalue weighted by molar-refractivity contribution is 0.0744. The molecule has 1 rings (SSSR count). The predicted molar refractivity (Wildman–Crippen MR) is 71.2 cm³/mol. The molecule has 0 spiro atoms. The fraction of sp³-hybridized carbons (Fsp3) is 1.00. The minimum atomic E-state index is 0.501. The highest BCUT2D eigenvalue weighted by atomic mass is 127. The van der Waals surface area contributed by atoms with E-state index in [1.807, 2.05) is 0 Å². The molecule has 0 bridgehead atoms. The molecule has 3 heteroatoms. The Kier molecular flexibility index (Phi) is 4.23. The van der Waals surface area contributed by atoms with E-state index in [9.17, 15) is 0 Å². The first-order valence-corrected chi connectivity index (χ1v) is 6.55. The Bertz CT molecular complexity index is 186. The molecule has 1 aliphatic heterocycles. The zero-order valence-corrected chi connectivity index (χ0v) is 12.2. The van der Waals surface area contributed by atoms with Crippen LogP contribution >= 0.6 is 22.6 Å². The Morgan fingerprint density at radius 3 is 2.14 bits per heavy atom. The van der Waals surface area contributed by atoms with Crippen molar-refractivity contribution >= 4 is 22.6 Å². The monoisotopic (exact) mass is 310 g/mol. The number of alkyl halides is 1. The van der Waals surface area contributed by atoms with E-state index >= 15 is 0 Å². The second-order valence-corrected chi connectivity index (χ2v) is 7.45. The van der Waals surface area contributed by atoms with E-state index in [0.717, 1.165) is 0 Å². The zero-order chi connectivity index (χ0) is 10.9. The van der Waals surface area contributed by atoms with Crippen LogP contribution in [0.4, 0.5) is 0 Å². The predicted octanol–water partition coefficient (Wildman–Crippen LogP) is 2.22. The van der Waals surface area contributed by atoms with Gasteiger partial charge in [0.05, 0.1) is 3.42 Å². The van der Waals surface area contributed by atoms with Crippen LogP contribution in [0.5, 0.6) is 0 Å². The maximum Gasteiger partial charge on any atom is 0.0602 e. The van der Waals surface area contributed by atoms with Crippen molar-refractivity contribution in [3.8, 4) is 0 Å². The number of likely N-dealkylation sites (tertiary alicyclic amines) is 1. The van der Waals surface area contributed by atoms with Gasteiger partial charge in [-0.1, -0.05) is 22.6 Å². The van der Waals surface area contributed by atoms with E-state index in [0.29, 0.717) is 15.5 Å². The Labute approximate surface area is 102 Å². The molecule has 1 saturated heterocycles. The highest BCUT2D eigenvalue weighted by Gasteiger charge is 2.42. The van der Waals surface area contributed by atoms with Crippen molar-refractivity contribution in [3.63, 3.8) is 0 Å². The number of hydrogen-bond donors (Lipinski definition) is 0. The van der Waals surface area contributed by atoms with Gasteiger partial charge in [0.2, 0.25) is 0 Å². The molecule has 1 fully saturated rings. The van der Waals surface area contributed by atoms with Gasteiger partial charge in [0, 0.05) is 31.7 Å². The molecule has 0 aromatic carbocycles. The summed E-state index contributed by atoms with van der Waals surface area (Å²) in [5.41, 5.74) is 0. The molecule has 0 aliphatic carbocycles. The molecule has 1 aliphatic rings. The fourth-order valence-electron chi connectivity index (χ4n) is 1.78. The summed E-state index contributed by atoms with van der Waals surface area (Å²) >= 11 is 2.64. The van der Waals surface area contributed by atoms with Gasteiger partial charge >= 0.3 is 0 Å². The lowest BCUT2D eigenvalue weighted by Crippen LogP contribution is -2.64. The van der Waals surface area contributed by atoms with Gasteiger partial charge in [-0.3, -0.25) is 4.90 Å². The number of nitrogens with zero attached hydrogens (tertiary/aromatic N) is 2. The third kappa shape index (κ3) is 3.07. The first-order chi connectivity index (χ1) is 6.34. The van der Waals surface area contributed by atoms with Crippen molar-refractivity contribution in [2.24, 2.45) is 0 Å². The highest BCUT2D eigenvalue weighted by molar-refractivity contribution is 14.1. The van der Waals surface area contributed by atoms with Crippen LogP contribution in [0.1, 0.15) is 27.7 Å². The van der Waals surface area contributed by atoms with Gasteiger partial charge in [0.15, 0.2) is 0 Å². The molecular weight excluding hydrogens is 287 g/mol. The summed E-state index contributed by atoms with van der Waals surface area (Å²) in [7, 11) is 2.23. The highest BCUT2D eigenvalue weighted by Crippen LogP contribution is 2.33. The Morgan fingerprint density at radius 2 is 1.79 bits per heavy atom. The molecule has 0 saturated carbocycles.